The molecule has 200 valence electrons. The predicted molar refractivity (Wildman–Crippen MR) is 119 cm³/mol. The van der Waals surface area contributed by atoms with Crippen LogP contribution in [0.25, 0.3) is 0 Å². The van der Waals surface area contributed by atoms with Crippen LogP contribution < -0.4 is 0 Å². The Morgan fingerprint density at radius 2 is 1.29 bits per heavy atom. The molecule has 0 aliphatic carbocycles. The normalized spacial score (nSPS) is 38.7. The van der Waals surface area contributed by atoms with Crippen LogP contribution in [-0.2, 0) is 19.0 Å². The van der Waals surface area contributed by atoms with Crippen molar-refractivity contribution in [3.8, 4) is 0 Å². The lowest BCUT2D eigenvalue weighted by Gasteiger charge is -2.46. The zero-order valence-corrected chi connectivity index (χ0v) is 19.8. The third-order valence-corrected chi connectivity index (χ3v) is 6.59. The molecule has 2 rings (SSSR count). The van der Waals surface area contributed by atoms with Crippen molar-refractivity contribution in [3.05, 3.63) is 0 Å². The van der Waals surface area contributed by atoms with E-state index in [0.717, 1.165) is 25.7 Å². The molecule has 11 nitrogen and oxygen atoms in total. The number of ketones is 1. The zero-order chi connectivity index (χ0) is 25.3. The molecule has 0 aromatic rings. The number of unbranched alkanes of at least 4 members (excludes halogenated alkanes) is 6. The van der Waals surface area contributed by atoms with Crippen molar-refractivity contribution in [1.29, 1.82) is 0 Å². The molecule has 2 aliphatic heterocycles. The number of hydrogen-bond acceptors (Lipinski definition) is 11. The second kappa shape index (κ2) is 14.7. The molecular formula is C23H42O11. The van der Waals surface area contributed by atoms with Gasteiger partial charge in [0.05, 0.1) is 19.3 Å². The van der Waals surface area contributed by atoms with Crippen molar-refractivity contribution in [2.45, 2.75) is 126 Å². The lowest BCUT2D eigenvalue weighted by Crippen LogP contribution is -2.64. The first-order chi connectivity index (χ1) is 16.2. The topological polar surface area (TPSA) is 186 Å². The number of rotatable bonds is 14. The quantitative estimate of drug-likeness (QED) is 0.143. The number of Topliss-reactive ketones (excluding diaryl/α,β-unsaturated/α-hetero) is 1. The molecule has 34 heavy (non-hydrogen) atoms. The Balaban J connectivity index is 1.88. The fraction of sp³-hybridized carbons (Fsp3) is 0.957. The molecule has 0 radical (unpaired) electrons. The lowest BCUT2D eigenvalue weighted by molar-refractivity contribution is -0.341. The molecule has 0 spiro atoms. The van der Waals surface area contributed by atoms with Gasteiger partial charge in [0.2, 0.25) is 0 Å². The summed E-state index contributed by atoms with van der Waals surface area (Å²) < 4.78 is 16.4. The van der Waals surface area contributed by atoms with E-state index in [1.165, 1.54) is 19.3 Å². The maximum Gasteiger partial charge on any atom is 0.187 e. The number of ether oxygens (including phenoxy) is 3. The first-order valence-electron chi connectivity index (χ1n) is 12.3. The van der Waals surface area contributed by atoms with Crippen LogP contribution in [0, 0.1) is 0 Å². The first-order valence-corrected chi connectivity index (χ1v) is 12.3. The third-order valence-electron chi connectivity index (χ3n) is 6.59. The van der Waals surface area contributed by atoms with Crippen molar-refractivity contribution in [1.82, 2.24) is 0 Å². The largest absolute Gasteiger partial charge is 0.394 e. The summed E-state index contributed by atoms with van der Waals surface area (Å²) in [5.41, 5.74) is 0. The Morgan fingerprint density at radius 1 is 0.706 bits per heavy atom. The van der Waals surface area contributed by atoms with E-state index in [9.17, 15) is 40.5 Å². The number of aliphatic hydroxyl groups excluding tert-OH is 7. The first kappa shape index (κ1) is 29.5. The van der Waals surface area contributed by atoms with Crippen molar-refractivity contribution < 1.29 is 54.8 Å². The number of carbonyl (C=O) groups is 1. The van der Waals surface area contributed by atoms with Gasteiger partial charge in [0, 0.05) is 12.8 Å². The molecular weight excluding hydrogens is 452 g/mol. The van der Waals surface area contributed by atoms with Gasteiger partial charge in [-0.3, -0.25) is 4.79 Å². The van der Waals surface area contributed by atoms with E-state index in [1.54, 1.807) is 0 Å². The van der Waals surface area contributed by atoms with Crippen LogP contribution in [0.5, 0.6) is 0 Å². The van der Waals surface area contributed by atoms with Gasteiger partial charge in [-0.15, -0.1) is 0 Å². The predicted octanol–water partition coefficient (Wildman–Crippen LogP) is -1.25. The van der Waals surface area contributed by atoms with Crippen LogP contribution in [0.2, 0.25) is 0 Å². The monoisotopic (exact) mass is 494 g/mol. The number of carbonyl (C=O) groups excluding carboxylic acids is 1. The average Bonchev–Trinajstić information content (AvgIpc) is 2.83. The minimum absolute atomic E-state index is 0.116. The van der Waals surface area contributed by atoms with Gasteiger partial charge in [-0.25, -0.2) is 0 Å². The highest BCUT2D eigenvalue weighted by Crippen LogP contribution is 2.30. The fourth-order valence-corrected chi connectivity index (χ4v) is 4.44. The molecule has 11 heteroatoms. The van der Waals surface area contributed by atoms with Gasteiger partial charge in [-0.1, -0.05) is 45.4 Å². The Bertz CT molecular complexity index is 587. The standard InChI is InChI=1S/C23H42O11/c1-2-3-4-5-6-7-8-9-13(26)10-14-17(27)20(30)22(16(12-25)32-14)34-23-21(31)19(29)18(28)15(11-24)33-23/h14-25,27-31H,2-12H2,1H3/t14-,15+,16+,17-,18-,19-,20+,21+,22+,23?/m0/s1. The molecule has 2 heterocycles. The second-order valence-corrected chi connectivity index (χ2v) is 9.29. The van der Waals surface area contributed by atoms with Gasteiger partial charge in [0.1, 0.15) is 54.6 Å². The molecule has 0 bridgehead atoms. The van der Waals surface area contributed by atoms with Gasteiger partial charge in [-0.05, 0) is 6.42 Å². The van der Waals surface area contributed by atoms with Crippen LogP contribution in [0.1, 0.15) is 64.7 Å². The van der Waals surface area contributed by atoms with E-state index < -0.39 is 74.4 Å². The fourth-order valence-electron chi connectivity index (χ4n) is 4.44. The number of hydrogen-bond donors (Lipinski definition) is 7. The summed E-state index contributed by atoms with van der Waals surface area (Å²) in [6.07, 6.45) is -6.75. The number of aliphatic hydroxyl groups is 7. The second-order valence-electron chi connectivity index (χ2n) is 9.29. The molecule has 2 fully saturated rings. The van der Waals surface area contributed by atoms with Crippen molar-refractivity contribution in [2.24, 2.45) is 0 Å². The summed E-state index contributed by atoms with van der Waals surface area (Å²) >= 11 is 0. The molecule has 0 amide bonds. The average molecular weight is 495 g/mol. The molecule has 0 aromatic heterocycles. The van der Waals surface area contributed by atoms with Gasteiger partial charge in [0.15, 0.2) is 6.29 Å². The van der Waals surface area contributed by atoms with Crippen LogP contribution in [0.15, 0.2) is 0 Å². The highest BCUT2D eigenvalue weighted by molar-refractivity contribution is 5.78. The van der Waals surface area contributed by atoms with E-state index in [2.05, 4.69) is 6.92 Å². The molecule has 7 N–H and O–H groups in total. The molecule has 0 saturated carbocycles. The smallest absolute Gasteiger partial charge is 0.187 e. The summed E-state index contributed by atoms with van der Waals surface area (Å²) in [6.45, 7) is 0.875. The minimum atomic E-state index is -1.72. The van der Waals surface area contributed by atoms with Crippen molar-refractivity contribution in [3.63, 3.8) is 0 Å². The van der Waals surface area contributed by atoms with E-state index in [4.69, 9.17) is 14.2 Å². The van der Waals surface area contributed by atoms with E-state index in [-0.39, 0.29) is 12.2 Å². The lowest BCUT2D eigenvalue weighted by atomic mass is 9.91. The van der Waals surface area contributed by atoms with Crippen LogP contribution in [0.3, 0.4) is 0 Å². The summed E-state index contributed by atoms with van der Waals surface area (Å²) in [4.78, 5) is 12.4. The Kier molecular flexibility index (Phi) is 12.8. The van der Waals surface area contributed by atoms with Crippen molar-refractivity contribution in [2.75, 3.05) is 13.2 Å². The Hall–Kier alpha value is -0.730. The summed E-state index contributed by atoms with van der Waals surface area (Å²) in [7, 11) is 0. The van der Waals surface area contributed by atoms with E-state index in [1.807, 2.05) is 0 Å². The minimum Gasteiger partial charge on any atom is -0.394 e. The Labute approximate surface area is 200 Å². The van der Waals surface area contributed by atoms with Crippen LogP contribution in [0.4, 0.5) is 0 Å². The van der Waals surface area contributed by atoms with E-state index in [0.29, 0.717) is 6.42 Å². The van der Waals surface area contributed by atoms with Crippen molar-refractivity contribution >= 4 is 5.78 Å². The van der Waals surface area contributed by atoms with E-state index >= 15 is 0 Å². The Morgan fingerprint density at radius 3 is 1.91 bits per heavy atom. The molecule has 2 aliphatic rings. The van der Waals surface area contributed by atoms with Gasteiger partial charge >= 0.3 is 0 Å². The maximum atomic E-state index is 12.4. The molecule has 2 saturated heterocycles. The third kappa shape index (κ3) is 7.89. The molecule has 10 atom stereocenters. The maximum absolute atomic E-state index is 12.4. The SMILES string of the molecule is CCCCCCCCCC(=O)C[C@@H]1O[C@H](CO)[C@@H](OC2O[C@H](CO)[C@H](O)[C@H](O)[C@H]2O)[C@H](O)[C@H]1O. The molecule has 1 unspecified atom stereocenters. The highest BCUT2D eigenvalue weighted by atomic mass is 16.7. The van der Waals surface area contributed by atoms with Gasteiger partial charge in [-0.2, -0.15) is 0 Å². The summed E-state index contributed by atoms with van der Waals surface area (Å²) in [5.74, 6) is -0.116. The summed E-state index contributed by atoms with van der Waals surface area (Å²) in [6, 6.07) is 0. The van der Waals surface area contributed by atoms with Crippen LogP contribution in [-0.4, -0.2) is 116 Å². The van der Waals surface area contributed by atoms with Gasteiger partial charge < -0.3 is 50.0 Å². The highest BCUT2D eigenvalue weighted by Gasteiger charge is 2.50. The summed E-state index contributed by atoms with van der Waals surface area (Å²) in [5, 5.41) is 70.2. The zero-order valence-electron chi connectivity index (χ0n) is 19.8. The molecule has 0 aromatic carbocycles. The van der Waals surface area contributed by atoms with Gasteiger partial charge in [0.25, 0.3) is 0 Å². The van der Waals surface area contributed by atoms with Crippen LogP contribution >= 0.6 is 0 Å².